The van der Waals surface area contributed by atoms with Crippen molar-refractivity contribution in [3.8, 4) is 0 Å². The molecule has 1 saturated heterocycles. The van der Waals surface area contributed by atoms with E-state index >= 15 is 0 Å². The number of anilines is 1. The van der Waals surface area contributed by atoms with Crippen LogP contribution in [0.5, 0.6) is 0 Å². The van der Waals surface area contributed by atoms with Gasteiger partial charge in [0, 0.05) is 23.5 Å². The minimum absolute atomic E-state index is 0.00608. The van der Waals surface area contributed by atoms with Crippen molar-refractivity contribution in [2.75, 3.05) is 24.6 Å². The molecule has 0 radical (unpaired) electrons. The number of hydrogen-bond donors (Lipinski definition) is 0. The number of nitrogens with zero attached hydrogens (tertiary/aromatic N) is 4. The highest BCUT2D eigenvalue weighted by molar-refractivity contribution is 7.09. The molecule has 124 valence electrons. The molecule has 5 nitrogen and oxygen atoms in total. The van der Waals surface area contributed by atoms with Crippen molar-refractivity contribution in [1.82, 2.24) is 15.0 Å². The first-order valence-electron chi connectivity index (χ1n) is 7.97. The molecule has 1 fully saturated rings. The zero-order valence-electron chi connectivity index (χ0n) is 14.5. The molecule has 1 atom stereocenters. The Morgan fingerprint density at radius 2 is 2.04 bits per heavy atom. The highest BCUT2D eigenvalue weighted by Crippen LogP contribution is 2.31. The predicted molar refractivity (Wildman–Crippen MR) is 93.2 cm³/mol. The second kappa shape index (κ2) is 6.17. The van der Waals surface area contributed by atoms with Crippen molar-refractivity contribution in [2.24, 2.45) is 0 Å². The Labute approximate surface area is 141 Å². The summed E-state index contributed by atoms with van der Waals surface area (Å²) in [7, 11) is 0. The fourth-order valence-electron chi connectivity index (χ4n) is 2.60. The smallest absolute Gasteiger partial charge is 0.150 e. The van der Waals surface area contributed by atoms with Gasteiger partial charge in [-0.2, -0.15) is 0 Å². The van der Waals surface area contributed by atoms with Gasteiger partial charge >= 0.3 is 0 Å². The van der Waals surface area contributed by atoms with Crippen molar-refractivity contribution in [3.05, 3.63) is 33.7 Å². The summed E-state index contributed by atoms with van der Waals surface area (Å²) in [6.45, 7) is 12.8. The molecule has 2 aromatic heterocycles. The predicted octanol–water partition coefficient (Wildman–Crippen LogP) is 3.43. The normalized spacial score (nSPS) is 19.2. The lowest BCUT2D eigenvalue weighted by Crippen LogP contribution is -2.39. The van der Waals surface area contributed by atoms with Crippen molar-refractivity contribution >= 4 is 17.2 Å². The van der Waals surface area contributed by atoms with Gasteiger partial charge in [-0.15, -0.1) is 11.3 Å². The maximum absolute atomic E-state index is 5.97. The van der Waals surface area contributed by atoms with E-state index in [1.807, 2.05) is 20.0 Å². The van der Waals surface area contributed by atoms with Gasteiger partial charge in [0.2, 0.25) is 0 Å². The second-order valence-electron chi connectivity index (χ2n) is 7.05. The third kappa shape index (κ3) is 3.53. The van der Waals surface area contributed by atoms with E-state index in [0.717, 1.165) is 41.0 Å². The molecule has 2 aromatic rings. The van der Waals surface area contributed by atoms with Crippen molar-refractivity contribution in [3.63, 3.8) is 0 Å². The lowest BCUT2D eigenvalue weighted by atomic mass is 9.93. The third-order valence-electron chi connectivity index (χ3n) is 3.98. The van der Waals surface area contributed by atoms with Crippen LogP contribution < -0.4 is 4.90 Å². The minimum Gasteiger partial charge on any atom is -0.367 e. The Morgan fingerprint density at radius 1 is 1.26 bits per heavy atom. The van der Waals surface area contributed by atoms with Crippen LogP contribution in [-0.2, 0) is 10.2 Å². The average molecular weight is 332 g/mol. The molecule has 6 heteroatoms. The van der Waals surface area contributed by atoms with Crippen molar-refractivity contribution in [1.29, 1.82) is 0 Å². The number of ether oxygens (including phenoxy) is 1. The van der Waals surface area contributed by atoms with Crippen LogP contribution in [0.3, 0.4) is 0 Å². The highest BCUT2D eigenvalue weighted by Gasteiger charge is 2.28. The van der Waals surface area contributed by atoms with Crippen LogP contribution in [0.1, 0.15) is 49.0 Å². The first-order chi connectivity index (χ1) is 10.8. The Bertz CT molecular complexity index is 692. The van der Waals surface area contributed by atoms with E-state index in [2.05, 4.69) is 41.0 Å². The molecule has 0 spiro atoms. The van der Waals surface area contributed by atoms with E-state index in [9.17, 15) is 0 Å². The van der Waals surface area contributed by atoms with Crippen LogP contribution >= 0.6 is 11.3 Å². The van der Waals surface area contributed by atoms with Gasteiger partial charge in [0.15, 0.2) is 5.82 Å². The summed E-state index contributed by atoms with van der Waals surface area (Å²) < 4.78 is 5.97. The van der Waals surface area contributed by atoms with Gasteiger partial charge in [0.25, 0.3) is 0 Å². The standard InChI is InChI=1S/C17H24N4OS/c1-11-8-18-12(2)15(19-11)21-6-7-22-13(9-21)16-20-14(10-23-16)17(3,4)5/h8,10,13H,6-7,9H2,1-5H3/t13-/m1/s1. The number of morpholine rings is 1. The molecule has 0 N–H and O–H groups in total. The summed E-state index contributed by atoms with van der Waals surface area (Å²) in [6, 6.07) is 0. The monoisotopic (exact) mass is 332 g/mol. The van der Waals surface area contributed by atoms with E-state index in [-0.39, 0.29) is 11.5 Å². The molecule has 1 aliphatic rings. The van der Waals surface area contributed by atoms with E-state index in [0.29, 0.717) is 6.61 Å². The van der Waals surface area contributed by atoms with Crippen LogP contribution in [0.15, 0.2) is 11.6 Å². The number of thiazole rings is 1. The Morgan fingerprint density at radius 3 is 2.74 bits per heavy atom. The van der Waals surface area contributed by atoms with Gasteiger partial charge in [-0.1, -0.05) is 20.8 Å². The molecule has 0 amide bonds. The van der Waals surface area contributed by atoms with E-state index in [4.69, 9.17) is 9.72 Å². The molecule has 0 saturated carbocycles. The number of aromatic nitrogens is 3. The van der Waals surface area contributed by atoms with Gasteiger partial charge in [-0.3, -0.25) is 4.98 Å². The van der Waals surface area contributed by atoms with Crippen LogP contribution in [0, 0.1) is 13.8 Å². The molecule has 0 unspecified atom stereocenters. The van der Waals surface area contributed by atoms with Crippen LogP contribution in [0.25, 0.3) is 0 Å². The fourth-order valence-corrected chi connectivity index (χ4v) is 3.68. The lowest BCUT2D eigenvalue weighted by molar-refractivity contribution is 0.0391. The maximum atomic E-state index is 5.97. The summed E-state index contributed by atoms with van der Waals surface area (Å²) in [6.07, 6.45) is 1.82. The summed E-state index contributed by atoms with van der Waals surface area (Å²) >= 11 is 1.69. The summed E-state index contributed by atoms with van der Waals surface area (Å²) in [5.41, 5.74) is 3.11. The topological polar surface area (TPSA) is 51.1 Å². The lowest BCUT2D eigenvalue weighted by Gasteiger charge is -2.33. The average Bonchev–Trinajstić information content (AvgIpc) is 3.00. The molecular formula is C17H24N4OS. The summed E-state index contributed by atoms with van der Waals surface area (Å²) in [5.74, 6) is 0.964. The van der Waals surface area contributed by atoms with Gasteiger partial charge in [-0.25, -0.2) is 9.97 Å². The number of aryl methyl sites for hydroxylation is 2. The van der Waals surface area contributed by atoms with Crippen LogP contribution in [0.4, 0.5) is 5.82 Å². The van der Waals surface area contributed by atoms with Crippen molar-refractivity contribution in [2.45, 2.75) is 46.1 Å². The molecule has 0 bridgehead atoms. The van der Waals surface area contributed by atoms with Gasteiger partial charge in [0.1, 0.15) is 11.1 Å². The molecule has 23 heavy (non-hydrogen) atoms. The van der Waals surface area contributed by atoms with E-state index in [1.54, 1.807) is 11.3 Å². The van der Waals surface area contributed by atoms with Crippen molar-refractivity contribution < 1.29 is 4.74 Å². The summed E-state index contributed by atoms with van der Waals surface area (Å²) in [5, 5.41) is 3.20. The zero-order valence-corrected chi connectivity index (χ0v) is 15.3. The second-order valence-corrected chi connectivity index (χ2v) is 7.94. The number of hydrogen-bond acceptors (Lipinski definition) is 6. The van der Waals surface area contributed by atoms with E-state index in [1.165, 1.54) is 0 Å². The van der Waals surface area contributed by atoms with Crippen LogP contribution in [-0.4, -0.2) is 34.6 Å². The van der Waals surface area contributed by atoms with Crippen LogP contribution in [0.2, 0.25) is 0 Å². The minimum atomic E-state index is 0.00608. The Hall–Kier alpha value is -1.53. The maximum Gasteiger partial charge on any atom is 0.150 e. The molecule has 1 aliphatic heterocycles. The molecule has 0 aliphatic carbocycles. The highest BCUT2D eigenvalue weighted by atomic mass is 32.1. The first kappa shape index (κ1) is 16.3. The quantitative estimate of drug-likeness (QED) is 0.843. The Balaban J connectivity index is 1.81. The van der Waals surface area contributed by atoms with Gasteiger partial charge < -0.3 is 9.64 Å². The molecular weight excluding hydrogens is 308 g/mol. The van der Waals surface area contributed by atoms with E-state index < -0.39 is 0 Å². The molecule has 3 rings (SSSR count). The largest absolute Gasteiger partial charge is 0.367 e. The molecule has 3 heterocycles. The van der Waals surface area contributed by atoms with Gasteiger partial charge in [-0.05, 0) is 13.8 Å². The fraction of sp³-hybridized carbons (Fsp3) is 0.588. The van der Waals surface area contributed by atoms with Gasteiger partial charge in [0.05, 0.1) is 30.2 Å². The third-order valence-corrected chi connectivity index (χ3v) is 4.92. The number of rotatable bonds is 2. The molecule has 0 aromatic carbocycles. The first-order valence-corrected chi connectivity index (χ1v) is 8.85. The summed E-state index contributed by atoms with van der Waals surface area (Å²) in [4.78, 5) is 16.2. The SMILES string of the molecule is Cc1cnc(C)c(N2CCO[C@@H](c3nc(C(C)(C)C)cs3)C2)n1. The Kier molecular flexibility index (Phi) is 4.38. The zero-order chi connectivity index (χ0) is 16.6.